The minimum Gasteiger partial charge on any atom is -0.385 e. The smallest absolute Gasteiger partial charge is 0.161 e. The summed E-state index contributed by atoms with van der Waals surface area (Å²) >= 11 is 6.07. The van der Waals surface area contributed by atoms with Gasteiger partial charge in [0.25, 0.3) is 0 Å². The predicted molar refractivity (Wildman–Crippen MR) is 91.4 cm³/mol. The van der Waals surface area contributed by atoms with Gasteiger partial charge in [-0.05, 0) is 43.5 Å². The van der Waals surface area contributed by atoms with Crippen molar-refractivity contribution >= 4 is 23.1 Å². The molecule has 0 aromatic heterocycles. The molecular formula is C18H22ClNO. The minimum atomic E-state index is -0.00868. The highest BCUT2D eigenvalue weighted by molar-refractivity contribution is 6.34. The summed E-state index contributed by atoms with van der Waals surface area (Å²) in [6.45, 7) is 2.40. The van der Waals surface area contributed by atoms with E-state index in [-0.39, 0.29) is 13.2 Å². The molecule has 2 aromatic carbocycles. The summed E-state index contributed by atoms with van der Waals surface area (Å²) in [7, 11) is 0. The van der Waals surface area contributed by atoms with Crippen LogP contribution in [-0.4, -0.2) is 12.3 Å². The lowest BCUT2D eigenvalue weighted by Gasteiger charge is -2.08. The average Bonchev–Trinajstić information content (AvgIpc) is 2.44. The minimum absolute atomic E-state index is 0. The van der Waals surface area contributed by atoms with E-state index >= 15 is 0 Å². The molecule has 0 fully saturated rings. The maximum Gasteiger partial charge on any atom is 0.161 e. The van der Waals surface area contributed by atoms with Crippen molar-refractivity contribution < 1.29 is 4.79 Å². The summed E-state index contributed by atoms with van der Waals surface area (Å²) in [4.78, 5) is 11.3. The number of anilines is 1. The van der Waals surface area contributed by atoms with Crippen LogP contribution in [0.25, 0.3) is 0 Å². The topological polar surface area (TPSA) is 29.1 Å². The fourth-order valence-electron chi connectivity index (χ4n) is 2.08. The van der Waals surface area contributed by atoms with Crippen molar-refractivity contribution in [1.82, 2.24) is 0 Å². The van der Waals surface area contributed by atoms with Gasteiger partial charge in [-0.1, -0.05) is 49.4 Å². The molecular weight excluding hydrogens is 282 g/mol. The van der Waals surface area contributed by atoms with Gasteiger partial charge in [0, 0.05) is 17.8 Å². The predicted octanol–water partition coefficient (Wildman–Crippen LogP) is 5.22. The van der Waals surface area contributed by atoms with E-state index in [4.69, 9.17) is 11.6 Å². The van der Waals surface area contributed by atoms with Crippen LogP contribution >= 0.6 is 11.6 Å². The molecule has 0 heterocycles. The molecule has 1 N–H and O–H groups in total. The molecule has 0 saturated carbocycles. The fraction of sp³-hybridized carbons (Fsp3) is 0.278. The fourth-order valence-corrected chi connectivity index (χ4v) is 2.39. The zero-order valence-corrected chi connectivity index (χ0v) is 12.3. The number of benzene rings is 2. The van der Waals surface area contributed by atoms with Crippen LogP contribution in [0, 0.1) is 0 Å². The molecule has 2 aromatic rings. The number of carbonyl (C=O) groups excluding carboxylic acids is 1. The Morgan fingerprint density at radius 3 is 2.48 bits per heavy atom. The van der Waals surface area contributed by atoms with Crippen LogP contribution in [0.1, 0.15) is 36.7 Å². The van der Waals surface area contributed by atoms with Crippen LogP contribution in [0.3, 0.4) is 0 Å². The normalized spacial score (nSPS) is 9.81. The highest BCUT2D eigenvalue weighted by Crippen LogP contribution is 2.21. The quantitative estimate of drug-likeness (QED) is 0.585. The van der Waals surface area contributed by atoms with E-state index in [0.29, 0.717) is 10.6 Å². The lowest BCUT2D eigenvalue weighted by molar-refractivity contribution is 0.101. The molecule has 0 unspecified atom stereocenters. The Hall–Kier alpha value is -1.80. The highest BCUT2D eigenvalue weighted by atomic mass is 35.5. The molecule has 2 nitrogen and oxygen atoms in total. The molecule has 0 atom stereocenters. The lowest BCUT2D eigenvalue weighted by atomic mass is 10.1. The van der Waals surface area contributed by atoms with Gasteiger partial charge in [-0.15, -0.1) is 0 Å². The summed E-state index contributed by atoms with van der Waals surface area (Å²) in [6, 6.07) is 15.9. The SMILES string of the molecule is C.CC(=O)c1ccc(NCCCc2ccccc2)cc1Cl. The van der Waals surface area contributed by atoms with Crippen LogP contribution in [0.4, 0.5) is 5.69 Å². The largest absolute Gasteiger partial charge is 0.385 e. The molecule has 0 spiro atoms. The van der Waals surface area contributed by atoms with E-state index in [9.17, 15) is 4.79 Å². The molecule has 0 radical (unpaired) electrons. The Kier molecular flexibility index (Phi) is 6.97. The molecule has 0 aliphatic carbocycles. The van der Waals surface area contributed by atoms with Crippen molar-refractivity contribution in [3.63, 3.8) is 0 Å². The van der Waals surface area contributed by atoms with E-state index in [2.05, 4.69) is 29.6 Å². The summed E-state index contributed by atoms with van der Waals surface area (Å²) in [5.41, 5.74) is 2.87. The van der Waals surface area contributed by atoms with Crippen molar-refractivity contribution in [1.29, 1.82) is 0 Å². The Balaban J connectivity index is 0.00000220. The first-order chi connectivity index (χ1) is 9.66. The molecule has 0 saturated heterocycles. The molecule has 112 valence electrons. The second-order valence-electron chi connectivity index (χ2n) is 4.77. The Morgan fingerprint density at radius 2 is 1.86 bits per heavy atom. The van der Waals surface area contributed by atoms with Crippen LogP contribution in [-0.2, 0) is 6.42 Å². The van der Waals surface area contributed by atoms with Gasteiger partial charge in [-0.2, -0.15) is 0 Å². The van der Waals surface area contributed by atoms with Crippen LogP contribution in [0.2, 0.25) is 5.02 Å². The standard InChI is InChI=1S/C17H18ClNO.CH4/c1-13(20)16-10-9-15(12-17(16)18)19-11-5-8-14-6-3-2-4-7-14;/h2-4,6-7,9-10,12,19H,5,8,11H2,1H3;1H4. The number of hydrogen-bond donors (Lipinski definition) is 1. The monoisotopic (exact) mass is 303 g/mol. The molecule has 3 heteroatoms. The van der Waals surface area contributed by atoms with E-state index in [1.54, 1.807) is 12.1 Å². The number of Topliss-reactive ketones (excluding diaryl/α,β-unsaturated/α-hetero) is 1. The molecule has 0 bridgehead atoms. The van der Waals surface area contributed by atoms with Gasteiger partial charge in [-0.25, -0.2) is 0 Å². The van der Waals surface area contributed by atoms with E-state index < -0.39 is 0 Å². The first kappa shape index (κ1) is 17.3. The number of ketones is 1. The second-order valence-corrected chi connectivity index (χ2v) is 5.17. The van der Waals surface area contributed by atoms with Gasteiger partial charge < -0.3 is 5.32 Å². The summed E-state index contributed by atoms with van der Waals surface area (Å²) in [5.74, 6) is -0.00868. The van der Waals surface area contributed by atoms with Crippen molar-refractivity contribution in [2.45, 2.75) is 27.2 Å². The number of rotatable bonds is 6. The third-order valence-corrected chi connectivity index (χ3v) is 3.48. The first-order valence-electron chi connectivity index (χ1n) is 6.75. The van der Waals surface area contributed by atoms with Gasteiger partial charge in [0.15, 0.2) is 5.78 Å². The van der Waals surface area contributed by atoms with Gasteiger partial charge in [0.2, 0.25) is 0 Å². The number of aryl methyl sites for hydroxylation is 1. The highest BCUT2D eigenvalue weighted by Gasteiger charge is 2.05. The number of nitrogens with one attached hydrogen (secondary N) is 1. The van der Waals surface area contributed by atoms with Crippen molar-refractivity contribution in [2.24, 2.45) is 0 Å². The molecule has 0 aliphatic rings. The van der Waals surface area contributed by atoms with Gasteiger partial charge >= 0.3 is 0 Å². The Bertz CT molecular complexity index is 581. The van der Waals surface area contributed by atoms with Crippen LogP contribution < -0.4 is 5.32 Å². The Morgan fingerprint density at radius 1 is 1.14 bits per heavy atom. The van der Waals surface area contributed by atoms with Crippen LogP contribution in [0.15, 0.2) is 48.5 Å². The van der Waals surface area contributed by atoms with Gasteiger partial charge in [0.1, 0.15) is 0 Å². The molecule has 0 aliphatic heterocycles. The van der Waals surface area contributed by atoms with E-state index in [1.807, 2.05) is 12.1 Å². The van der Waals surface area contributed by atoms with Crippen molar-refractivity contribution in [3.05, 3.63) is 64.7 Å². The molecule has 2 rings (SSSR count). The maximum atomic E-state index is 11.3. The Labute approximate surface area is 132 Å². The first-order valence-corrected chi connectivity index (χ1v) is 7.13. The zero-order chi connectivity index (χ0) is 14.4. The average molecular weight is 304 g/mol. The maximum absolute atomic E-state index is 11.3. The second kappa shape index (κ2) is 8.48. The van der Waals surface area contributed by atoms with Crippen molar-refractivity contribution in [3.8, 4) is 0 Å². The summed E-state index contributed by atoms with van der Waals surface area (Å²) in [6.07, 6.45) is 2.10. The van der Waals surface area contributed by atoms with Gasteiger partial charge in [-0.3, -0.25) is 4.79 Å². The zero-order valence-electron chi connectivity index (χ0n) is 11.5. The van der Waals surface area contributed by atoms with Crippen LogP contribution in [0.5, 0.6) is 0 Å². The number of hydrogen-bond acceptors (Lipinski definition) is 2. The number of halogens is 1. The number of carbonyl (C=O) groups is 1. The third-order valence-electron chi connectivity index (χ3n) is 3.16. The lowest BCUT2D eigenvalue weighted by Crippen LogP contribution is -2.03. The van der Waals surface area contributed by atoms with Crippen molar-refractivity contribution in [2.75, 3.05) is 11.9 Å². The summed E-state index contributed by atoms with van der Waals surface area (Å²) < 4.78 is 0. The molecule has 0 amide bonds. The summed E-state index contributed by atoms with van der Waals surface area (Å²) in [5, 5.41) is 3.83. The van der Waals surface area contributed by atoms with E-state index in [0.717, 1.165) is 25.1 Å². The molecule has 21 heavy (non-hydrogen) atoms. The van der Waals surface area contributed by atoms with Gasteiger partial charge in [0.05, 0.1) is 5.02 Å². The van der Waals surface area contributed by atoms with E-state index in [1.165, 1.54) is 12.5 Å². The third kappa shape index (κ3) is 5.24.